The third kappa shape index (κ3) is 3.35. The third-order valence-corrected chi connectivity index (χ3v) is 6.02. The molecular formula is C21H25N5OS. The first-order chi connectivity index (χ1) is 13.5. The number of thiazole rings is 1. The van der Waals surface area contributed by atoms with E-state index in [0.29, 0.717) is 11.6 Å². The Balaban J connectivity index is 1.88. The highest BCUT2D eigenvalue weighted by Gasteiger charge is 2.28. The van der Waals surface area contributed by atoms with Crippen LogP contribution in [0, 0.1) is 6.92 Å². The fraction of sp³-hybridized carbons (Fsp3) is 0.429. The molecule has 0 bridgehead atoms. The van der Waals surface area contributed by atoms with Crippen LogP contribution in [0.3, 0.4) is 0 Å². The van der Waals surface area contributed by atoms with Crippen LogP contribution in [-0.4, -0.2) is 25.7 Å². The van der Waals surface area contributed by atoms with Crippen LogP contribution in [0.5, 0.6) is 0 Å². The van der Waals surface area contributed by atoms with E-state index < -0.39 is 0 Å². The van der Waals surface area contributed by atoms with Gasteiger partial charge in [0.15, 0.2) is 5.13 Å². The van der Waals surface area contributed by atoms with Crippen LogP contribution >= 0.6 is 11.3 Å². The molecule has 3 aromatic heterocycles. The van der Waals surface area contributed by atoms with Gasteiger partial charge in [-0.2, -0.15) is 5.10 Å². The summed E-state index contributed by atoms with van der Waals surface area (Å²) in [5, 5.41) is 8.59. The highest BCUT2D eigenvalue weighted by Crippen LogP contribution is 2.43. The number of anilines is 1. The van der Waals surface area contributed by atoms with Gasteiger partial charge in [0.2, 0.25) is 5.91 Å². The van der Waals surface area contributed by atoms with Crippen molar-refractivity contribution in [2.75, 3.05) is 5.32 Å². The zero-order valence-corrected chi connectivity index (χ0v) is 17.6. The molecule has 1 amide bonds. The summed E-state index contributed by atoms with van der Waals surface area (Å²) >= 11 is 1.56. The lowest BCUT2D eigenvalue weighted by Crippen LogP contribution is -2.09. The van der Waals surface area contributed by atoms with Crippen molar-refractivity contribution >= 4 is 22.4 Å². The quantitative estimate of drug-likeness (QED) is 0.689. The van der Waals surface area contributed by atoms with Crippen molar-refractivity contribution in [3.8, 4) is 21.8 Å². The molecule has 1 aliphatic rings. The molecule has 0 aromatic carbocycles. The van der Waals surface area contributed by atoms with Gasteiger partial charge in [0.1, 0.15) is 0 Å². The topological polar surface area (TPSA) is 72.7 Å². The SMILES string of the molecule is CCC(=O)Nc1nc2c(s1)-c1c(c(-c3ccc(C)nc3)nn1C(C)C)CCC2. The number of rotatable bonds is 4. The zero-order chi connectivity index (χ0) is 19.8. The van der Waals surface area contributed by atoms with Crippen molar-refractivity contribution in [1.82, 2.24) is 19.7 Å². The lowest BCUT2D eigenvalue weighted by molar-refractivity contribution is -0.115. The molecule has 4 rings (SSSR count). The van der Waals surface area contributed by atoms with Crippen LogP contribution in [0.1, 0.15) is 56.6 Å². The van der Waals surface area contributed by atoms with E-state index in [0.717, 1.165) is 52.5 Å². The molecule has 146 valence electrons. The third-order valence-electron chi connectivity index (χ3n) is 5.00. The van der Waals surface area contributed by atoms with Gasteiger partial charge in [0.25, 0.3) is 0 Å². The van der Waals surface area contributed by atoms with Crippen LogP contribution in [0.15, 0.2) is 18.3 Å². The number of hydrogen-bond acceptors (Lipinski definition) is 5. The summed E-state index contributed by atoms with van der Waals surface area (Å²) in [7, 11) is 0. The maximum Gasteiger partial charge on any atom is 0.225 e. The minimum atomic E-state index is -0.00656. The molecule has 1 aliphatic carbocycles. The number of amides is 1. The van der Waals surface area contributed by atoms with Crippen LogP contribution in [0.25, 0.3) is 21.8 Å². The Morgan fingerprint density at radius 1 is 1.32 bits per heavy atom. The largest absolute Gasteiger partial charge is 0.302 e. The van der Waals surface area contributed by atoms with E-state index in [1.165, 1.54) is 5.56 Å². The molecule has 0 fully saturated rings. The average Bonchev–Trinajstić information content (AvgIpc) is 3.19. The van der Waals surface area contributed by atoms with E-state index in [2.05, 4.69) is 34.9 Å². The lowest BCUT2D eigenvalue weighted by Gasteiger charge is -2.10. The Hall–Kier alpha value is -2.54. The fourth-order valence-corrected chi connectivity index (χ4v) is 4.65. The van der Waals surface area contributed by atoms with E-state index in [9.17, 15) is 4.79 Å². The van der Waals surface area contributed by atoms with Gasteiger partial charge < -0.3 is 5.32 Å². The second kappa shape index (κ2) is 7.47. The van der Waals surface area contributed by atoms with Gasteiger partial charge in [0.05, 0.1) is 22.0 Å². The molecule has 3 aromatic rings. The molecule has 0 spiro atoms. The molecule has 6 nitrogen and oxygen atoms in total. The summed E-state index contributed by atoms with van der Waals surface area (Å²) in [6, 6.07) is 4.35. The molecule has 0 aliphatic heterocycles. The average molecular weight is 396 g/mol. The Labute approximate surface area is 169 Å². The number of carbonyl (C=O) groups excluding carboxylic acids is 1. The number of hydrogen-bond donors (Lipinski definition) is 1. The first-order valence-corrected chi connectivity index (χ1v) is 10.6. The summed E-state index contributed by atoms with van der Waals surface area (Å²) in [5.74, 6) is -0.00656. The molecule has 0 atom stereocenters. The highest BCUT2D eigenvalue weighted by atomic mass is 32.1. The first-order valence-electron chi connectivity index (χ1n) is 9.82. The summed E-state index contributed by atoms with van der Waals surface area (Å²) in [6.45, 7) is 8.14. The molecule has 0 saturated heterocycles. The van der Waals surface area contributed by atoms with Crippen molar-refractivity contribution in [3.05, 3.63) is 35.3 Å². The van der Waals surface area contributed by atoms with E-state index in [4.69, 9.17) is 10.1 Å². The summed E-state index contributed by atoms with van der Waals surface area (Å²) in [5.41, 5.74) is 6.53. The van der Waals surface area contributed by atoms with Crippen molar-refractivity contribution in [1.29, 1.82) is 0 Å². The maximum atomic E-state index is 11.8. The molecular weight excluding hydrogens is 370 g/mol. The number of fused-ring (bicyclic) bond motifs is 3. The fourth-order valence-electron chi connectivity index (χ4n) is 3.56. The lowest BCUT2D eigenvalue weighted by atomic mass is 10.0. The monoisotopic (exact) mass is 395 g/mol. The minimum Gasteiger partial charge on any atom is -0.302 e. The molecule has 28 heavy (non-hydrogen) atoms. The highest BCUT2D eigenvalue weighted by molar-refractivity contribution is 7.19. The number of nitrogens with zero attached hydrogens (tertiary/aromatic N) is 4. The maximum absolute atomic E-state index is 11.8. The smallest absolute Gasteiger partial charge is 0.225 e. The number of nitrogens with one attached hydrogen (secondary N) is 1. The summed E-state index contributed by atoms with van der Waals surface area (Å²) in [4.78, 5) is 22.2. The molecule has 1 N–H and O–H groups in total. The normalized spacial score (nSPS) is 13.2. The zero-order valence-electron chi connectivity index (χ0n) is 16.7. The number of pyridine rings is 1. The van der Waals surface area contributed by atoms with Gasteiger partial charge in [-0.05, 0) is 52.2 Å². The predicted molar refractivity (Wildman–Crippen MR) is 113 cm³/mol. The van der Waals surface area contributed by atoms with Gasteiger partial charge in [-0.3, -0.25) is 14.5 Å². The van der Waals surface area contributed by atoms with Crippen LogP contribution in [-0.2, 0) is 17.6 Å². The summed E-state index contributed by atoms with van der Waals surface area (Å²) < 4.78 is 2.11. The van der Waals surface area contributed by atoms with Crippen LogP contribution < -0.4 is 5.32 Å². The second-order valence-electron chi connectivity index (χ2n) is 7.45. The number of carbonyl (C=O) groups is 1. The van der Waals surface area contributed by atoms with E-state index in [1.54, 1.807) is 11.3 Å². The van der Waals surface area contributed by atoms with E-state index in [1.807, 2.05) is 26.1 Å². The molecule has 0 saturated carbocycles. The molecule has 0 radical (unpaired) electrons. The van der Waals surface area contributed by atoms with Crippen molar-refractivity contribution < 1.29 is 4.79 Å². The van der Waals surface area contributed by atoms with Gasteiger partial charge in [-0.15, -0.1) is 0 Å². The molecule has 7 heteroatoms. The molecule has 0 unspecified atom stereocenters. The first kappa shape index (κ1) is 18.8. The van der Waals surface area contributed by atoms with E-state index in [-0.39, 0.29) is 11.9 Å². The summed E-state index contributed by atoms with van der Waals surface area (Å²) in [6.07, 6.45) is 5.25. The Bertz CT molecular complexity index is 1020. The van der Waals surface area contributed by atoms with Gasteiger partial charge in [0, 0.05) is 35.5 Å². The Morgan fingerprint density at radius 3 is 2.82 bits per heavy atom. The Morgan fingerprint density at radius 2 is 2.14 bits per heavy atom. The van der Waals surface area contributed by atoms with Crippen LogP contribution in [0.4, 0.5) is 5.13 Å². The standard InChI is InChI=1S/C21H25N5OS/c1-5-17(27)24-21-23-16-8-6-7-15-18(14-10-9-13(4)22-11-14)25-26(12(2)3)19(15)20(16)28-21/h9-12H,5-8H2,1-4H3,(H,23,24,27). The number of aryl methyl sites for hydroxylation is 2. The van der Waals surface area contributed by atoms with Crippen LogP contribution in [0.2, 0.25) is 0 Å². The van der Waals surface area contributed by atoms with Crippen molar-refractivity contribution in [2.24, 2.45) is 0 Å². The van der Waals surface area contributed by atoms with Crippen molar-refractivity contribution in [2.45, 2.75) is 59.4 Å². The molecule has 3 heterocycles. The van der Waals surface area contributed by atoms with E-state index >= 15 is 0 Å². The van der Waals surface area contributed by atoms with Crippen molar-refractivity contribution in [3.63, 3.8) is 0 Å². The van der Waals surface area contributed by atoms with Gasteiger partial charge in [-0.25, -0.2) is 4.98 Å². The second-order valence-corrected chi connectivity index (χ2v) is 8.45. The van der Waals surface area contributed by atoms with Gasteiger partial charge in [-0.1, -0.05) is 18.3 Å². The number of aromatic nitrogens is 4. The Kier molecular flexibility index (Phi) is 5.02. The predicted octanol–water partition coefficient (Wildman–Crippen LogP) is 4.80. The van der Waals surface area contributed by atoms with Gasteiger partial charge >= 0.3 is 0 Å². The minimum absolute atomic E-state index is 0.00656.